The number of hydrogen-bond acceptors (Lipinski definition) is 3. The first-order chi connectivity index (χ1) is 10.8. The third-order valence-electron chi connectivity index (χ3n) is 5.44. The molecule has 5 heteroatoms. The molecule has 0 N–H and O–H groups in total. The Balaban J connectivity index is 1.73. The average Bonchev–Trinajstić information content (AvgIpc) is 3.04. The minimum absolute atomic E-state index is 0.373. The predicted octanol–water partition coefficient (Wildman–Crippen LogP) is 4.21. The molecule has 2 fully saturated rings. The van der Waals surface area contributed by atoms with E-state index in [2.05, 4.69) is 0 Å². The van der Waals surface area contributed by atoms with Crippen LogP contribution < -0.4 is 10.2 Å². The fourth-order valence-corrected chi connectivity index (χ4v) is 3.36. The Morgan fingerprint density at radius 2 is 1.74 bits per heavy atom. The second-order valence-electron chi connectivity index (χ2n) is 7.73. The van der Waals surface area contributed by atoms with Gasteiger partial charge in [0.05, 0.1) is 17.8 Å². The van der Waals surface area contributed by atoms with Crippen LogP contribution in [0.1, 0.15) is 53.4 Å². The Morgan fingerprint density at radius 1 is 1.13 bits per heavy atom. The van der Waals surface area contributed by atoms with Crippen molar-refractivity contribution in [1.82, 2.24) is 0 Å². The van der Waals surface area contributed by atoms with Crippen molar-refractivity contribution in [1.29, 1.82) is 0 Å². The largest absolute Gasteiger partial charge is 0.496 e. The predicted molar refractivity (Wildman–Crippen MR) is 94.6 cm³/mol. The topological polar surface area (TPSA) is 27.7 Å². The number of halogens is 1. The van der Waals surface area contributed by atoms with Gasteiger partial charge in [-0.2, -0.15) is 0 Å². The van der Waals surface area contributed by atoms with Gasteiger partial charge in [-0.05, 0) is 64.7 Å². The lowest BCUT2D eigenvalue weighted by atomic mass is 9.79. The first kappa shape index (κ1) is 17.1. The van der Waals surface area contributed by atoms with E-state index in [0.29, 0.717) is 10.9 Å². The van der Waals surface area contributed by atoms with E-state index in [1.54, 1.807) is 0 Å². The smallest absolute Gasteiger partial charge is 0.493 e. The van der Waals surface area contributed by atoms with Crippen LogP contribution in [-0.2, 0) is 9.31 Å². The van der Waals surface area contributed by atoms with Crippen LogP contribution >= 0.6 is 11.6 Å². The summed E-state index contributed by atoms with van der Waals surface area (Å²) >= 11 is 6.37. The summed E-state index contributed by atoms with van der Waals surface area (Å²) in [4.78, 5) is 0. The molecule has 0 atom stereocenters. The number of ether oxygens (including phenoxy) is 1. The molecule has 0 amide bonds. The first-order valence-electron chi connectivity index (χ1n) is 8.56. The Morgan fingerprint density at radius 3 is 2.35 bits per heavy atom. The minimum Gasteiger partial charge on any atom is -0.493 e. The van der Waals surface area contributed by atoms with Crippen LogP contribution in [0.5, 0.6) is 5.75 Å². The Labute approximate surface area is 144 Å². The highest BCUT2D eigenvalue weighted by Crippen LogP contribution is 2.37. The average molecular weight is 337 g/mol. The molecule has 3 rings (SSSR count). The highest BCUT2D eigenvalue weighted by atomic mass is 35.5. The van der Waals surface area contributed by atoms with Crippen LogP contribution in [0.25, 0.3) is 0 Å². The molecule has 2 aliphatic rings. The van der Waals surface area contributed by atoms with Crippen LogP contribution in [0.15, 0.2) is 18.2 Å². The summed E-state index contributed by atoms with van der Waals surface area (Å²) in [6, 6.07) is 5.75. The van der Waals surface area contributed by atoms with Crippen LogP contribution in [0.4, 0.5) is 0 Å². The summed E-state index contributed by atoms with van der Waals surface area (Å²) in [5, 5.41) is 0.650. The van der Waals surface area contributed by atoms with E-state index in [1.807, 2.05) is 45.9 Å². The molecule has 23 heavy (non-hydrogen) atoms. The lowest BCUT2D eigenvalue weighted by Crippen LogP contribution is -2.41. The summed E-state index contributed by atoms with van der Waals surface area (Å²) < 4.78 is 18.2. The van der Waals surface area contributed by atoms with Crippen molar-refractivity contribution >= 4 is 24.2 Å². The number of rotatable bonds is 4. The van der Waals surface area contributed by atoms with E-state index in [4.69, 9.17) is 25.6 Å². The molecule has 0 unspecified atom stereocenters. The first-order valence-corrected chi connectivity index (χ1v) is 8.94. The molecule has 3 nitrogen and oxygen atoms in total. The molecule has 0 radical (unpaired) electrons. The standard InChI is InChI=1S/C18H26BClO3/c1-17(2)18(3,4)23-19(22-17)15-11-14(9-10-16(15)20)21-12-13-7-5-6-8-13/h9-11,13H,5-8,12H2,1-4H3. The summed E-state index contributed by atoms with van der Waals surface area (Å²) in [5.74, 6) is 1.52. The summed E-state index contributed by atoms with van der Waals surface area (Å²) in [6.07, 6.45) is 5.21. The van der Waals surface area contributed by atoms with Gasteiger partial charge in [0, 0.05) is 10.5 Å². The van der Waals surface area contributed by atoms with Gasteiger partial charge in [0.1, 0.15) is 5.75 Å². The molecular weight excluding hydrogens is 310 g/mol. The highest BCUT2D eigenvalue weighted by Gasteiger charge is 2.52. The van der Waals surface area contributed by atoms with Crippen molar-refractivity contribution in [3.8, 4) is 5.75 Å². The van der Waals surface area contributed by atoms with Gasteiger partial charge in [-0.3, -0.25) is 0 Å². The molecular formula is C18H26BClO3. The maximum absolute atomic E-state index is 6.37. The van der Waals surface area contributed by atoms with Gasteiger partial charge in [-0.25, -0.2) is 0 Å². The lowest BCUT2D eigenvalue weighted by molar-refractivity contribution is 0.00578. The molecule has 1 saturated carbocycles. The van der Waals surface area contributed by atoms with Crippen LogP contribution in [0.2, 0.25) is 5.02 Å². The number of benzene rings is 1. The molecule has 1 heterocycles. The van der Waals surface area contributed by atoms with Crippen molar-refractivity contribution in [2.24, 2.45) is 5.92 Å². The lowest BCUT2D eigenvalue weighted by Gasteiger charge is -2.32. The van der Waals surface area contributed by atoms with E-state index in [1.165, 1.54) is 25.7 Å². The summed E-state index contributed by atoms with van der Waals surface area (Å²) in [7, 11) is -0.456. The Hall–Kier alpha value is -0.705. The molecule has 1 aromatic carbocycles. The van der Waals surface area contributed by atoms with E-state index >= 15 is 0 Å². The van der Waals surface area contributed by atoms with Crippen molar-refractivity contribution in [3.63, 3.8) is 0 Å². The van der Waals surface area contributed by atoms with Crippen molar-refractivity contribution < 1.29 is 14.0 Å². The third-order valence-corrected chi connectivity index (χ3v) is 5.78. The van der Waals surface area contributed by atoms with Gasteiger partial charge in [-0.1, -0.05) is 24.4 Å². The second kappa shape index (κ2) is 6.31. The molecule has 0 aromatic heterocycles. The molecule has 126 valence electrons. The fraction of sp³-hybridized carbons (Fsp3) is 0.667. The molecule has 0 spiro atoms. The highest BCUT2D eigenvalue weighted by molar-refractivity contribution is 6.65. The van der Waals surface area contributed by atoms with E-state index in [0.717, 1.165) is 17.8 Å². The van der Waals surface area contributed by atoms with Gasteiger partial charge in [-0.15, -0.1) is 0 Å². The van der Waals surface area contributed by atoms with E-state index in [9.17, 15) is 0 Å². The van der Waals surface area contributed by atoms with E-state index < -0.39 is 7.12 Å². The minimum atomic E-state index is -0.456. The fourth-order valence-electron chi connectivity index (χ4n) is 3.15. The SMILES string of the molecule is CC1(C)OB(c2cc(OCC3CCCC3)ccc2Cl)OC1(C)C. The zero-order valence-electron chi connectivity index (χ0n) is 14.5. The van der Waals surface area contributed by atoms with Gasteiger partial charge in [0.25, 0.3) is 0 Å². The maximum Gasteiger partial charge on any atom is 0.496 e. The molecule has 1 aliphatic carbocycles. The van der Waals surface area contributed by atoms with Crippen molar-refractivity contribution in [3.05, 3.63) is 23.2 Å². The summed E-state index contributed by atoms with van der Waals surface area (Å²) in [6.45, 7) is 8.95. The molecule has 1 aliphatic heterocycles. The Kier molecular flexibility index (Phi) is 4.70. The van der Waals surface area contributed by atoms with Gasteiger partial charge >= 0.3 is 7.12 Å². The van der Waals surface area contributed by atoms with Crippen molar-refractivity contribution in [2.45, 2.75) is 64.6 Å². The third kappa shape index (κ3) is 3.54. The van der Waals surface area contributed by atoms with Crippen LogP contribution in [-0.4, -0.2) is 24.9 Å². The molecule has 1 saturated heterocycles. The molecule has 0 bridgehead atoms. The normalized spacial score (nSPS) is 23.4. The maximum atomic E-state index is 6.37. The van der Waals surface area contributed by atoms with Crippen LogP contribution in [0.3, 0.4) is 0 Å². The molecule has 1 aromatic rings. The zero-order chi connectivity index (χ0) is 16.7. The van der Waals surface area contributed by atoms with Gasteiger partial charge in [0.2, 0.25) is 0 Å². The zero-order valence-corrected chi connectivity index (χ0v) is 15.3. The summed E-state index contributed by atoms with van der Waals surface area (Å²) in [5.41, 5.74) is 0.0953. The Bertz CT molecular complexity index is 551. The van der Waals surface area contributed by atoms with Crippen LogP contribution in [0, 0.1) is 5.92 Å². The van der Waals surface area contributed by atoms with E-state index in [-0.39, 0.29) is 11.2 Å². The van der Waals surface area contributed by atoms with Gasteiger partial charge < -0.3 is 14.0 Å². The van der Waals surface area contributed by atoms with Gasteiger partial charge in [0.15, 0.2) is 0 Å². The monoisotopic (exact) mass is 336 g/mol. The van der Waals surface area contributed by atoms with Crippen molar-refractivity contribution in [2.75, 3.05) is 6.61 Å². The number of hydrogen-bond donors (Lipinski definition) is 0. The quantitative estimate of drug-likeness (QED) is 0.771. The second-order valence-corrected chi connectivity index (χ2v) is 8.14.